The number of hydrogen-bond donors (Lipinski definition) is 1. The van der Waals surface area contributed by atoms with Crippen LogP contribution in [0.2, 0.25) is 0 Å². The summed E-state index contributed by atoms with van der Waals surface area (Å²) in [7, 11) is 5.65. The molecule has 0 aliphatic rings. The van der Waals surface area contributed by atoms with Crippen molar-refractivity contribution >= 4 is 5.96 Å². The first kappa shape index (κ1) is 16.8. The van der Waals surface area contributed by atoms with Crippen LogP contribution in [-0.4, -0.2) is 46.3 Å². The second-order valence-corrected chi connectivity index (χ2v) is 5.13. The minimum absolute atomic E-state index is 0.580. The van der Waals surface area contributed by atoms with E-state index >= 15 is 0 Å². The van der Waals surface area contributed by atoms with Crippen molar-refractivity contribution in [2.24, 2.45) is 12.0 Å². The maximum absolute atomic E-state index is 5.46. The summed E-state index contributed by atoms with van der Waals surface area (Å²) >= 11 is 0. The molecule has 0 bridgehead atoms. The number of benzene rings is 1. The Kier molecular flexibility index (Phi) is 5.96. The summed E-state index contributed by atoms with van der Waals surface area (Å²) in [6.45, 7) is 3.99. The van der Waals surface area contributed by atoms with Crippen LogP contribution in [-0.2, 0) is 20.1 Å². The van der Waals surface area contributed by atoms with E-state index in [0.717, 1.165) is 24.1 Å². The molecule has 2 aromatic rings. The Morgan fingerprint density at radius 3 is 2.65 bits per heavy atom. The zero-order valence-corrected chi connectivity index (χ0v) is 14.2. The predicted molar refractivity (Wildman–Crippen MR) is 90.3 cm³/mol. The van der Waals surface area contributed by atoms with E-state index in [1.54, 1.807) is 18.1 Å². The Bertz CT molecular complexity index is 634. The number of aryl methyl sites for hydroxylation is 1. The minimum atomic E-state index is 0.580. The molecule has 1 aromatic carbocycles. The number of ether oxygens (including phenoxy) is 1. The number of guanidine groups is 1. The highest BCUT2D eigenvalue weighted by Gasteiger charge is 2.08. The summed E-state index contributed by atoms with van der Waals surface area (Å²) in [6, 6.07) is 8.11. The van der Waals surface area contributed by atoms with E-state index in [2.05, 4.69) is 37.4 Å². The van der Waals surface area contributed by atoms with Gasteiger partial charge in [-0.15, -0.1) is 0 Å². The fourth-order valence-electron chi connectivity index (χ4n) is 2.23. The SMILES string of the molecule is CCOc1ccc(CN(C)C(=NC)NCc2ncnn2C)cc1. The second kappa shape index (κ2) is 8.17. The first-order valence-electron chi connectivity index (χ1n) is 7.60. The van der Waals surface area contributed by atoms with Gasteiger partial charge in [0.15, 0.2) is 5.96 Å². The lowest BCUT2D eigenvalue weighted by Gasteiger charge is -2.22. The maximum atomic E-state index is 5.46. The van der Waals surface area contributed by atoms with E-state index < -0.39 is 0 Å². The lowest BCUT2D eigenvalue weighted by molar-refractivity contribution is 0.340. The van der Waals surface area contributed by atoms with Crippen LogP contribution in [0.4, 0.5) is 0 Å². The minimum Gasteiger partial charge on any atom is -0.494 e. The Morgan fingerprint density at radius 1 is 1.35 bits per heavy atom. The molecule has 124 valence electrons. The lowest BCUT2D eigenvalue weighted by Crippen LogP contribution is -2.38. The summed E-state index contributed by atoms with van der Waals surface area (Å²) in [6.07, 6.45) is 1.55. The number of aliphatic imine (C=N–C) groups is 1. The van der Waals surface area contributed by atoms with Crippen LogP contribution in [0.3, 0.4) is 0 Å². The Morgan fingerprint density at radius 2 is 2.09 bits per heavy atom. The van der Waals surface area contributed by atoms with Crippen LogP contribution in [0.15, 0.2) is 35.6 Å². The average Bonchev–Trinajstić information content (AvgIpc) is 2.95. The monoisotopic (exact) mass is 316 g/mol. The van der Waals surface area contributed by atoms with E-state index in [1.165, 1.54) is 5.56 Å². The molecule has 23 heavy (non-hydrogen) atoms. The van der Waals surface area contributed by atoms with E-state index in [0.29, 0.717) is 13.2 Å². The smallest absolute Gasteiger partial charge is 0.194 e. The normalized spacial score (nSPS) is 11.4. The van der Waals surface area contributed by atoms with Crippen LogP contribution in [0, 0.1) is 0 Å². The third kappa shape index (κ3) is 4.70. The van der Waals surface area contributed by atoms with Crippen LogP contribution in [0.1, 0.15) is 18.3 Å². The molecule has 0 fully saturated rings. The molecule has 0 unspecified atom stereocenters. The van der Waals surface area contributed by atoms with E-state index in [-0.39, 0.29) is 0 Å². The summed E-state index contributed by atoms with van der Waals surface area (Å²) < 4.78 is 7.20. The van der Waals surface area contributed by atoms with Crippen molar-refractivity contribution in [1.82, 2.24) is 25.0 Å². The van der Waals surface area contributed by atoms with Gasteiger partial charge in [-0.3, -0.25) is 9.67 Å². The van der Waals surface area contributed by atoms with Crippen molar-refractivity contribution in [1.29, 1.82) is 0 Å². The van der Waals surface area contributed by atoms with Gasteiger partial charge in [0.1, 0.15) is 17.9 Å². The Balaban J connectivity index is 1.91. The molecule has 7 heteroatoms. The van der Waals surface area contributed by atoms with Crippen LogP contribution in [0.5, 0.6) is 5.75 Å². The van der Waals surface area contributed by atoms with Gasteiger partial charge in [-0.2, -0.15) is 5.10 Å². The summed E-state index contributed by atoms with van der Waals surface area (Å²) in [5, 5.41) is 7.35. The lowest BCUT2D eigenvalue weighted by atomic mass is 10.2. The van der Waals surface area contributed by atoms with Crippen molar-refractivity contribution < 1.29 is 4.74 Å². The van der Waals surface area contributed by atoms with E-state index in [9.17, 15) is 0 Å². The van der Waals surface area contributed by atoms with Gasteiger partial charge in [0.05, 0.1) is 13.2 Å². The van der Waals surface area contributed by atoms with Crippen LogP contribution >= 0.6 is 0 Å². The average molecular weight is 316 g/mol. The highest BCUT2D eigenvalue weighted by molar-refractivity contribution is 5.79. The Hall–Kier alpha value is -2.57. The largest absolute Gasteiger partial charge is 0.494 e. The van der Waals surface area contributed by atoms with Gasteiger partial charge < -0.3 is 15.0 Å². The summed E-state index contributed by atoms with van der Waals surface area (Å²) in [4.78, 5) is 10.6. The molecular weight excluding hydrogens is 292 g/mol. The topological polar surface area (TPSA) is 67.6 Å². The van der Waals surface area contributed by atoms with Gasteiger partial charge in [-0.1, -0.05) is 12.1 Å². The van der Waals surface area contributed by atoms with Crippen LogP contribution < -0.4 is 10.1 Å². The summed E-state index contributed by atoms with van der Waals surface area (Å²) in [5.41, 5.74) is 1.19. The van der Waals surface area contributed by atoms with Gasteiger partial charge >= 0.3 is 0 Å². The number of nitrogens with one attached hydrogen (secondary N) is 1. The fraction of sp³-hybridized carbons (Fsp3) is 0.438. The number of hydrogen-bond acceptors (Lipinski definition) is 4. The van der Waals surface area contributed by atoms with E-state index in [4.69, 9.17) is 4.74 Å². The standard InChI is InChI=1S/C16H24N6O/c1-5-23-14-8-6-13(7-9-14)11-21(3)16(17-2)18-10-15-19-12-20-22(15)4/h6-9,12H,5,10-11H2,1-4H3,(H,17,18). The molecule has 2 rings (SSSR count). The first-order valence-corrected chi connectivity index (χ1v) is 7.60. The zero-order valence-electron chi connectivity index (χ0n) is 14.2. The molecule has 0 spiro atoms. The third-order valence-electron chi connectivity index (χ3n) is 3.44. The molecule has 0 aliphatic carbocycles. The van der Waals surface area contributed by atoms with Gasteiger partial charge in [0.25, 0.3) is 0 Å². The van der Waals surface area contributed by atoms with Gasteiger partial charge in [-0.05, 0) is 24.6 Å². The number of aromatic nitrogens is 3. The molecule has 0 amide bonds. The third-order valence-corrected chi connectivity index (χ3v) is 3.44. The molecule has 1 N–H and O–H groups in total. The van der Waals surface area contributed by atoms with Gasteiger partial charge in [-0.25, -0.2) is 4.98 Å². The molecule has 1 aromatic heterocycles. The van der Waals surface area contributed by atoms with Gasteiger partial charge in [0, 0.05) is 27.7 Å². The predicted octanol–water partition coefficient (Wildman–Crippen LogP) is 1.42. The van der Waals surface area contributed by atoms with Crippen molar-refractivity contribution in [3.8, 4) is 5.75 Å². The Labute approximate surface area is 137 Å². The van der Waals surface area contributed by atoms with Crippen molar-refractivity contribution in [3.05, 3.63) is 42.0 Å². The number of rotatable bonds is 6. The van der Waals surface area contributed by atoms with Gasteiger partial charge in [0.2, 0.25) is 0 Å². The molecule has 0 saturated heterocycles. The highest BCUT2D eigenvalue weighted by Crippen LogP contribution is 2.13. The van der Waals surface area contributed by atoms with Crippen molar-refractivity contribution in [3.63, 3.8) is 0 Å². The molecule has 7 nitrogen and oxygen atoms in total. The quantitative estimate of drug-likeness (QED) is 0.645. The highest BCUT2D eigenvalue weighted by atomic mass is 16.5. The molecule has 1 heterocycles. The van der Waals surface area contributed by atoms with E-state index in [1.807, 2.05) is 33.2 Å². The molecule has 0 aliphatic heterocycles. The summed E-state index contributed by atoms with van der Waals surface area (Å²) in [5.74, 6) is 2.56. The fourth-order valence-corrected chi connectivity index (χ4v) is 2.23. The molecule has 0 radical (unpaired) electrons. The molecular formula is C16H24N6O. The zero-order chi connectivity index (χ0) is 16.7. The number of nitrogens with zero attached hydrogens (tertiary/aromatic N) is 5. The van der Waals surface area contributed by atoms with Crippen molar-refractivity contribution in [2.45, 2.75) is 20.0 Å². The molecule has 0 saturated carbocycles. The van der Waals surface area contributed by atoms with Crippen LogP contribution in [0.25, 0.3) is 0 Å². The maximum Gasteiger partial charge on any atom is 0.194 e. The second-order valence-electron chi connectivity index (χ2n) is 5.13. The molecule has 0 atom stereocenters. The first-order chi connectivity index (χ1) is 11.1. The van der Waals surface area contributed by atoms with Crippen molar-refractivity contribution in [2.75, 3.05) is 20.7 Å².